The molecule has 0 unspecified atom stereocenters. The molecule has 138 valence electrons. The summed E-state index contributed by atoms with van der Waals surface area (Å²) in [6.07, 6.45) is 0. The topological polar surface area (TPSA) is 59.5 Å². The molecule has 0 saturated carbocycles. The molecule has 3 rings (SSSR count). The molecule has 0 aliphatic heterocycles. The zero-order valence-corrected chi connectivity index (χ0v) is 15.6. The summed E-state index contributed by atoms with van der Waals surface area (Å²) < 4.78 is 18.0. The molecular weight excluding hydrogens is 367 g/mol. The number of methoxy groups -OCH3 is 1. The Bertz CT molecular complexity index is 952. The van der Waals surface area contributed by atoms with Crippen molar-refractivity contribution in [2.75, 3.05) is 12.0 Å². The molecule has 0 saturated heterocycles. The van der Waals surface area contributed by atoms with Gasteiger partial charge in [0, 0.05) is 16.6 Å². The van der Waals surface area contributed by atoms with Crippen LogP contribution < -0.4 is 4.90 Å². The van der Waals surface area contributed by atoms with E-state index in [-0.39, 0.29) is 18.3 Å². The fraction of sp³-hybridized carbons (Fsp3) is 0.150. The van der Waals surface area contributed by atoms with Crippen LogP contribution in [0.1, 0.15) is 31.4 Å². The number of esters is 1. The van der Waals surface area contributed by atoms with Gasteiger partial charge in [0.2, 0.25) is 0 Å². The molecular formula is C20H17FN2O3S. The number of hydrogen-bond donors (Lipinski definition) is 0. The molecule has 0 radical (unpaired) electrons. The number of benzene rings is 2. The molecule has 3 aromatic rings. The van der Waals surface area contributed by atoms with Gasteiger partial charge in [0.25, 0.3) is 5.91 Å². The molecule has 0 fully saturated rings. The second kappa shape index (κ2) is 8.09. The molecule has 0 aliphatic rings. The van der Waals surface area contributed by atoms with Gasteiger partial charge in [0.05, 0.1) is 29.9 Å². The summed E-state index contributed by atoms with van der Waals surface area (Å²) in [7, 11) is 1.30. The van der Waals surface area contributed by atoms with E-state index in [0.29, 0.717) is 16.8 Å². The van der Waals surface area contributed by atoms with Crippen molar-refractivity contribution in [1.29, 1.82) is 0 Å². The fourth-order valence-corrected chi connectivity index (χ4v) is 3.17. The molecule has 0 N–H and O–H groups in total. The third-order valence-corrected chi connectivity index (χ3v) is 4.75. The van der Waals surface area contributed by atoms with E-state index in [4.69, 9.17) is 0 Å². The quantitative estimate of drug-likeness (QED) is 0.618. The largest absolute Gasteiger partial charge is 0.465 e. The van der Waals surface area contributed by atoms with Crippen LogP contribution in [0.4, 0.5) is 10.1 Å². The van der Waals surface area contributed by atoms with Crippen LogP contribution in [0, 0.1) is 12.7 Å². The van der Waals surface area contributed by atoms with Gasteiger partial charge in [-0.3, -0.25) is 4.79 Å². The summed E-state index contributed by atoms with van der Waals surface area (Å²) >= 11 is 1.50. The first kappa shape index (κ1) is 18.7. The van der Waals surface area contributed by atoms with Gasteiger partial charge in [0.1, 0.15) is 5.82 Å². The van der Waals surface area contributed by atoms with Gasteiger partial charge in [-0.1, -0.05) is 0 Å². The van der Waals surface area contributed by atoms with Crippen LogP contribution in [0.2, 0.25) is 0 Å². The van der Waals surface area contributed by atoms with Gasteiger partial charge in [-0.15, -0.1) is 11.3 Å². The van der Waals surface area contributed by atoms with Gasteiger partial charge in [-0.25, -0.2) is 14.2 Å². The predicted octanol–water partition coefficient (Wildman–Crippen LogP) is 4.22. The SMILES string of the molecule is COC(=O)c1ccc(C(=O)N(Cc2csc(C)n2)c2ccc(F)cc2)cc1. The maximum absolute atomic E-state index is 13.3. The molecule has 1 aromatic heterocycles. The van der Waals surface area contributed by atoms with Crippen LogP contribution in [-0.2, 0) is 11.3 Å². The summed E-state index contributed by atoms with van der Waals surface area (Å²) in [6.45, 7) is 2.15. The molecule has 0 atom stereocenters. The minimum absolute atomic E-state index is 0.257. The Morgan fingerprint density at radius 2 is 1.70 bits per heavy atom. The highest BCUT2D eigenvalue weighted by Crippen LogP contribution is 2.22. The van der Waals surface area contributed by atoms with E-state index >= 15 is 0 Å². The Morgan fingerprint density at radius 3 is 2.26 bits per heavy atom. The summed E-state index contributed by atoms with van der Waals surface area (Å²) in [4.78, 5) is 30.6. The highest BCUT2D eigenvalue weighted by molar-refractivity contribution is 7.09. The number of amides is 1. The van der Waals surface area contributed by atoms with E-state index in [1.54, 1.807) is 24.3 Å². The molecule has 0 bridgehead atoms. The van der Waals surface area contributed by atoms with E-state index in [1.807, 2.05) is 12.3 Å². The first-order valence-corrected chi connectivity index (χ1v) is 9.02. The second-order valence-corrected chi connectivity index (χ2v) is 6.86. The van der Waals surface area contributed by atoms with Crippen molar-refractivity contribution in [3.8, 4) is 0 Å². The average molecular weight is 384 g/mol. The number of nitrogens with zero attached hydrogens (tertiary/aromatic N) is 2. The second-order valence-electron chi connectivity index (χ2n) is 5.79. The van der Waals surface area contributed by atoms with Gasteiger partial charge in [0.15, 0.2) is 0 Å². The number of hydrogen-bond acceptors (Lipinski definition) is 5. The lowest BCUT2D eigenvalue weighted by molar-refractivity contribution is 0.0600. The Labute approximate surface area is 160 Å². The van der Waals surface area contributed by atoms with Crippen molar-refractivity contribution in [2.45, 2.75) is 13.5 Å². The van der Waals surface area contributed by atoms with Crippen molar-refractivity contribution < 1.29 is 18.7 Å². The maximum atomic E-state index is 13.3. The molecule has 5 nitrogen and oxygen atoms in total. The zero-order chi connectivity index (χ0) is 19.4. The van der Waals surface area contributed by atoms with E-state index in [0.717, 1.165) is 10.7 Å². The van der Waals surface area contributed by atoms with Crippen molar-refractivity contribution in [3.05, 3.63) is 81.6 Å². The minimum atomic E-state index is -0.470. The smallest absolute Gasteiger partial charge is 0.337 e. The number of halogens is 1. The summed E-state index contributed by atoms with van der Waals surface area (Å²) in [5, 5.41) is 2.79. The molecule has 1 heterocycles. The normalized spacial score (nSPS) is 10.5. The highest BCUT2D eigenvalue weighted by atomic mass is 32.1. The number of aromatic nitrogens is 1. The number of ether oxygens (including phenoxy) is 1. The van der Waals surface area contributed by atoms with Gasteiger partial charge < -0.3 is 9.64 Å². The Hall–Kier alpha value is -3.06. The van der Waals surface area contributed by atoms with E-state index in [1.165, 1.54) is 47.6 Å². The summed E-state index contributed by atoms with van der Waals surface area (Å²) in [5.74, 6) is -1.12. The molecule has 7 heteroatoms. The molecule has 27 heavy (non-hydrogen) atoms. The summed E-state index contributed by atoms with van der Waals surface area (Å²) in [6, 6.07) is 11.9. The minimum Gasteiger partial charge on any atom is -0.465 e. The van der Waals surface area contributed by atoms with Crippen LogP contribution in [0.5, 0.6) is 0 Å². The van der Waals surface area contributed by atoms with Crippen LogP contribution >= 0.6 is 11.3 Å². The Balaban J connectivity index is 1.92. The first-order chi connectivity index (χ1) is 13.0. The van der Waals surface area contributed by atoms with E-state index < -0.39 is 5.97 Å². The number of rotatable bonds is 5. The third kappa shape index (κ3) is 4.38. The van der Waals surface area contributed by atoms with E-state index in [2.05, 4.69) is 9.72 Å². The van der Waals surface area contributed by atoms with E-state index in [9.17, 15) is 14.0 Å². The molecule has 1 amide bonds. The van der Waals surface area contributed by atoms with Crippen molar-refractivity contribution in [3.63, 3.8) is 0 Å². The van der Waals surface area contributed by atoms with Crippen LogP contribution in [0.3, 0.4) is 0 Å². The number of carbonyl (C=O) groups is 2. The molecule has 2 aromatic carbocycles. The number of thiazole rings is 1. The lowest BCUT2D eigenvalue weighted by Gasteiger charge is -2.22. The number of aryl methyl sites for hydroxylation is 1. The van der Waals surface area contributed by atoms with Gasteiger partial charge in [-0.05, 0) is 55.5 Å². The Kier molecular flexibility index (Phi) is 5.61. The fourth-order valence-electron chi connectivity index (χ4n) is 2.57. The summed E-state index contributed by atoms with van der Waals surface area (Å²) in [5.41, 5.74) is 2.07. The van der Waals surface area contributed by atoms with Gasteiger partial charge in [-0.2, -0.15) is 0 Å². The van der Waals surface area contributed by atoms with Gasteiger partial charge >= 0.3 is 5.97 Å². The number of anilines is 1. The molecule has 0 aliphatic carbocycles. The Morgan fingerprint density at radius 1 is 1.07 bits per heavy atom. The van der Waals surface area contributed by atoms with Crippen LogP contribution in [0.15, 0.2) is 53.9 Å². The van der Waals surface area contributed by atoms with Crippen molar-refractivity contribution in [1.82, 2.24) is 4.98 Å². The monoisotopic (exact) mass is 384 g/mol. The van der Waals surface area contributed by atoms with Crippen LogP contribution in [0.25, 0.3) is 0 Å². The number of carbonyl (C=O) groups excluding carboxylic acids is 2. The maximum Gasteiger partial charge on any atom is 0.337 e. The zero-order valence-electron chi connectivity index (χ0n) is 14.8. The lowest BCUT2D eigenvalue weighted by atomic mass is 10.1. The predicted molar refractivity (Wildman–Crippen MR) is 102 cm³/mol. The molecule has 0 spiro atoms. The third-order valence-electron chi connectivity index (χ3n) is 3.92. The standard InChI is InChI=1S/C20H17FN2O3S/c1-13-22-17(12-27-13)11-23(18-9-7-16(21)8-10-18)19(24)14-3-5-15(6-4-14)20(25)26-2/h3-10,12H,11H2,1-2H3. The first-order valence-electron chi connectivity index (χ1n) is 8.15. The average Bonchev–Trinajstić information content (AvgIpc) is 3.11. The highest BCUT2D eigenvalue weighted by Gasteiger charge is 2.20. The van der Waals surface area contributed by atoms with Crippen molar-refractivity contribution >= 4 is 28.9 Å². The van der Waals surface area contributed by atoms with Crippen molar-refractivity contribution in [2.24, 2.45) is 0 Å². The van der Waals surface area contributed by atoms with Crippen LogP contribution in [-0.4, -0.2) is 24.0 Å². The lowest BCUT2D eigenvalue weighted by Crippen LogP contribution is -2.30.